The number of aryl methyl sites for hydroxylation is 1. The fourth-order valence-corrected chi connectivity index (χ4v) is 3.76. The summed E-state index contributed by atoms with van der Waals surface area (Å²) >= 11 is 1.71. The third kappa shape index (κ3) is 3.91. The number of benzene rings is 1. The van der Waals surface area contributed by atoms with E-state index in [1.54, 1.807) is 11.3 Å². The molecule has 0 aliphatic carbocycles. The van der Waals surface area contributed by atoms with Gasteiger partial charge in [0.2, 0.25) is 0 Å². The monoisotopic (exact) mass is 328 g/mol. The molecule has 122 valence electrons. The second-order valence-electron chi connectivity index (χ2n) is 6.24. The number of nitrogens with zero attached hydrogens (tertiary/aromatic N) is 3. The van der Waals surface area contributed by atoms with Crippen molar-refractivity contribution in [3.05, 3.63) is 40.9 Å². The Kier molecular flexibility index (Phi) is 4.96. The third-order valence-electron chi connectivity index (χ3n) is 4.41. The summed E-state index contributed by atoms with van der Waals surface area (Å²) in [5, 5.41) is 1.05. The molecule has 1 aromatic heterocycles. The summed E-state index contributed by atoms with van der Waals surface area (Å²) in [7, 11) is 0. The van der Waals surface area contributed by atoms with Crippen LogP contribution in [0.3, 0.4) is 0 Å². The largest absolute Gasteiger partial charge is 0.370 e. The highest BCUT2D eigenvalue weighted by Gasteiger charge is 2.17. The second kappa shape index (κ2) is 7.13. The minimum absolute atomic E-state index is 0.619. The molecule has 3 rings (SSSR count). The van der Waals surface area contributed by atoms with Crippen molar-refractivity contribution in [2.75, 3.05) is 13.1 Å². The molecule has 0 saturated carbocycles. The van der Waals surface area contributed by atoms with Gasteiger partial charge in [0.05, 0.1) is 12.2 Å². The lowest BCUT2D eigenvalue weighted by Gasteiger charge is -2.30. The van der Waals surface area contributed by atoms with Crippen molar-refractivity contribution in [3.8, 4) is 10.6 Å². The van der Waals surface area contributed by atoms with Crippen LogP contribution in [0, 0.1) is 12.8 Å². The van der Waals surface area contributed by atoms with Crippen LogP contribution in [-0.2, 0) is 6.54 Å². The Balaban J connectivity index is 1.68. The highest BCUT2D eigenvalue weighted by atomic mass is 32.1. The smallest absolute Gasteiger partial charge is 0.191 e. The van der Waals surface area contributed by atoms with Crippen LogP contribution in [-0.4, -0.2) is 28.9 Å². The van der Waals surface area contributed by atoms with E-state index >= 15 is 0 Å². The summed E-state index contributed by atoms with van der Waals surface area (Å²) in [5.74, 6) is 1.47. The van der Waals surface area contributed by atoms with Gasteiger partial charge in [-0.2, -0.15) is 0 Å². The number of hydrogen-bond acceptors (Lipinski definition) is 3. The van der Waals surface area contributed by atoms with E-state index in [-0.39, 0.29) is 0 Å². The number of hydrogen-bond donors (Lipinski definition) is 1. The molecule has 1 aliphatic heterocycles. The molecule has 0 atom stereocenters. The number of thiazole rings is 1. The predicted octanol–water partition coefficient (Wildman–Crippen LogP) is 3.67. The molecule has 23 heavy (non-hydrogen) atoms. The van der Waals surface area contributed by atoms with Crippen LogP contribution in [0.15, 0.2) is 35.3 Å². The van der Waals surface area contributed by atoms with Gasteiger partial charge in [0.15, 0.2) is 5.96 Å². The predicted molar refractivity (Wildman–Crippen MR) is 97.6 cm³/mol. The standard InChI is InChI=1S/C18H24N4S/c1-13-8-10-22(11-9-13)18(19)20-12-16-14(2)21-17(23-16)15-6-4-3-5-7-15/h3-7,13H,8-12H2,1-2H3,(H2,19,20). The summed E-state index contributed by atoms with van der Waals surface area (Å²) in [6, 6.07) is 10.3. The van der Waals surface area contributed by atoms with Crippen LogP contribution in [0.4, 0.5) is 0 Å². The first-order valence-electron chi connectivity index (χ1n) is 8.20. The van der Waals surface area contributed by atoms with Gasteiger partial charge >= 0.3 is 0 Å². The Bertz CT molecular complexity index is 670. The van der Waals surface area contributed by atoms with Crippen LogP contribution in [0.25, 0.3) is 10.6 Å². The van der Waals surface area contributed by atoms with Crippen molar-refractivity contribution in [1.29, 1.82) is 0 Å². The van der Waals surface area contributed by atoms with E-state index in [2.05, 4.69) is 33.9 Å². The van der Waals surface area contributed by atoms with Gasteiger partial charge in [-0.15, -0.1) is 11.3 Å². The summed E-state index contributed by atoms with van der Waals surface area (Å²) in [4.78, 5) is 12.7. The lowest BCUT2D eigenvalue weighted by Crippen LogP contribution is -2.42. The number of rotatable bonds is 3. The Morgan fingerprint density at radius 3 is 2.70 bits per heavy atom. The normalized spacial score (nSPS) is 16.8. The van der Waals surface area contributed by atoms with Crippen LogP contribution in [0.5, 0.6) is 0 Å². The van der Waals surface area contributed by atoms with E-state index in [0.29, 0.717) is 12.5 Å². The number of likely N-dealkylation sites (tertiary alicyclic amines) is 1. The molecule has 0 bridgehead atoms. The average Bonchev–Trinajstić information content (AvgIpc) is 2.95. The topological polar surface area (TPSA) is 54.5 Å². The lowest BCUT2D eigenvalue weighted by atomic mass is 10.00. The number of aromatic nitrogens is 1. The number of piperidine rings is 1. The first-order chi connectivity index (χ1) is 11.1. The van der Waals surface area contributed by atoms with E-state index in [1.807, 2.05) is 25.1 Å². The molecule has 1 fully saturated rings. The summed E-state index contributed by atoms with van der Waals surface area (Å²) in [6.45, 7) is 7.01. The van der Waals surface area contributed by atoms with Crippen molar-refractivity contribution in [2.24, 2.45) is 16.6 Å². The van der Waals surface area contributed by atoms with E-state index < -0.39 is 0 Å². The number of guanidine groups is 1. The van der Waals surface area contributed by atoms with Gasteiger partial charge in [0, 0.05) is 23.5 Å². The minimum atomic E-state index is 0.619. The highest BCUT2D eigenvalue weighted by molar-refractivity contribution is 7.15. The molecular formula is C18H24N4S. The van der Waals surface area contributed by atoms with Crippen molar-refractivity contribution < 1.29 is 0 Å². The molecule has 0 spiro atoms. The zero-order chi connectivity index (χ0) is 16.2. The maximum absolute atomic E-state index is 6.17. The Labute approximate surface area is 142 Å². The Morgan fingerprint density at radius 1 is 1.30 bits per heavy atom. The van der Waals surface area contributed by atoms with Gasteiger partial charge in [0.25, 0.3) is 0 Å². The highest BCUT2D eigenvalue weighted by Crippen LogP contribution is 2.28. The average molecular weight is 328 g/mol. The van der Waals surface area contributed by atoms with Crippen molar-refractivity contribution in [3.63, 3.8) is 0 Å². The van der Waals surface area contributed by atoms with Crippen LogP contribution >= 0.6 is 11.3 Å². The van der Waals surface area contributed by atoms with Crippen LogP contribution in [0.1, 0.15) is 30.3 Å². The van der Waals surface area contributed by atoms with E-state index in [1.165, 1.54) is 17.7 Å². The molecule has 0 radical (unpaired) electrons. The van der Waals surface area contributed by atoms with Crippen LogP contribution in [0.2, 0.25) is 0 Å². The minimum Gasteiger partial charge on any atom is -0.370 e. The fraction of sp³-hybridized carbons (Fsp3) is 0.444. The molecule has 4 nitrogen and oxygen atoms in total. The maximum atomic E-state index is 6.17. The quantitative estimate of drug-likeness (QED) is 0.691. The van der Waals surface area contributed by atoms with Gasteiger partial charge in [-0.1, -0.05) is 37.3 Å². The van der Waals surface area contributed by atoms with Gasteiger partial charge in [0.1, 0.15) is 5.01 Å². The first-order valence-corrected chi connectivity index (χ1v) is 9.01. The second-order valence-corrected chi connectivity index (χ2v) is 7.32. The zero-order valence-electron chi connectivity index (χ0n) is 13.8. The van der Waals surface area contributed by atoms with E-state index in [9.17, 15) is 0 Å². The first kappa shape index (κ1) is 16.0. The molecule has 0 amide bonds. The van der Waals surface area contributed by atoms with E-state index in [0.717, 1.165) is 35.3 Å². The van der Waals surface area contributed by atoms with E-state index in [4.69, 9.17) is 5.73 Å². The Hall–Kier alpha value is -1.88. The summed E-state index contributed by atoms with van der Waals surface area (Å²) < 4.78 is 0. The SMILES string of the molecule is Cc1nc(-c2ccccc2)sc1CN=C(N)N1CCC(C)CC1. The molecule has 2 heterocycles. The molecule has 1 saturated heterocycles. The molecule has 0 unspecified atom stereocenters. The zero-order valence-corrected chi connectivity index (χ0v) is 14.6. The van der Waals surface area contributed by atoms with Gasteiger partial charge in [-0.3, -0.25) is 0 Å². The molecule has 2 N–H and O–H groups in total. The van der Waals surface area contributed by atoms with Crippen molar-refractivity contribution in [2.45, 2.75) is 33.2 Å². The molecule has 2 aromatic rings. The molecule has 5 heteroatoms. The Morgan fingerprint density at radius 2 is 2.00 bits per heavy atom. The van der Waals surface area contributed by atoms with Gasteiger partial charge < -0.3 is 10.6 Å². The summed E-state index contributed by atoms with van der Waals surface area (Å²) in [6.07, 6.45) is 2.40. The lowest BCUT2D eigenvalue weighted by molar-refractivity contribution is 0.277. The number of aliphatic imine (C=N–C) groups is 1. The van der Waals surface area contributed by atoms with Crippen molar-refractivity contribution in [1.82, 2.24) is 9.88 Å². The molecular weight excluding hydrogens is 304 g/mol. The van der Waals surface area contributed by atoms with Gasteiger partial charge in [-0.05, 0) is 25.7 Å². The maximum Gasteiger partial charge on any atom is 0.191 e. The molecule has 1 aliphatic rings. The fourth-order valence-electron chi connectivity index (χ4n) is 2.77. The van der Waals surface area contributed by atoms with Crippen molar-refractivity contribution >= 4 is 17.3 Å². The number of nitrogens with two attached hydrogens (primary N) is 1. The van der Waals surface area contributed by atoms with Crippen LogP contribution < -0.4 is 5.73 Å². The van der Waals surface area contributed by atoms with Gasteiger partial charge in [-0.25, -0.2) is 9.98 Å². The molecule has 1 aromatic carbocycles. The summed E-state index contributed by atoms with van der Waals surface area (Å²) in [5.41, 5.74) is 8.38. The third-order valence-corrected chi connectivity index (χ3v) is 5.60.